The van der Waals surface area contributed by atoms with E-state index in [4.69, 9.17) is 15.0 Å². The zero-order valence-corrected chi connectivity index (χ0v) is 22.7. The third kappa shape index (κ3) is 3.33. The van der Waals surface area contributed by atoms with Crippen LogP contribution < -0.4 is 0 Å². The van der Waals surface area contributed by atoms with Crippen molar-refractivity contribution >= 4 is 27.4 Å². The second-order valence-electron chi connectivity index (χ2n) is 11.4. The molecule has 2 aliphatic carbocycles. The highest BCUT2D eigenvalue weighted by atomic mass is 15.2. The van der Waals surface area contributed by atoms with Gasteiger partial charge in [-0.25, -0.2) is 4.98 Å². The highest BCUT2D eigenvalue weighted by Gasteiger charge is 2.40. The first-order valence-corrected chi connectivity index (χ1v) is 14.1. The van der Waals surface area contributed by atoms with Crippen molar-refractivity contribution in [2.24, 2.45) is 0 Å². The summed E-state index contributed by atoms with van der Waals surface area (Å²) in [6, 6.07) is 27.0. The van der Waals surface area contributed by atoms with Crippen molar-refractivity contribution in [3.05, 3.63) is 108 Å². The Morgan fingerprint density at radius 1 is 0.700 bits per heavy atom. The Hall–Kier alpha value is -4.64. The van der Waals surface area contributed by atoms with E-state index < -0.39 is 0 Å². The molecule has 5 nitrogen and oxygen atoms in total. The van der Waals surface area contributed by atoms with Gasteiger partial charge in [0.15, 0.2) is 11.6 Å². The van der Waals surface area contributed by atoms with Gasteiger partial charge < -0.3 is 0 Å². The fourth-order valence-electron chi connectivity index (χ4n) is 7.01. The number of allylic oxidation sites excluding steroid dienone is 2. The molecule has 0 bridgehead atoms. The minimum atomic E-state index is -0.0248. The van der Waals surface area contributed by atoms with E-state index in [9.17, 15) is 0 Å². The molecule has 0 N–H and O–H groups in total. The van der Waals surface area contributed by atoms with Gasteiger partial charge in [-0.2, -0.15) is 9.97 Å². The molecular weight excluding hydrogens is 490 g/mol. The Kier molecular flexibility index (Phi) is 5.05. The molecule has 8 rings (SSSR count). The van der Waals surface area contributed by atoms with E-state index in [-0.39, 0.29) is 5.41 Å². The quantitative estimate of drug-likeness (QED) is 0.236. The van der Waals surface area contributed by atoms with Crippen molar-refractivity contribution in [3.8, 4) is 28.7 Å². The second-order valence-corrected chi connectivity index (χ2v) is 11.4. The summed E-state index contributed by atoms with van der Waals surface area (Å²) in [6.45, 7) is 4.81. The van der Waals surface area contributed by atoms with E-state index in [0.717, 1.165) is 27.5 Å². The standard InChI is InChI=1S/C35H29N5/c1-35(2)27-16-10-9-15-24(27)25-17-18-29-30(31(25)35)26-21-36-20-19-28(26)40(29)34-38-32(22-11-5-3-6-12-22)37-33(39-34)23-13-7-4-8-14-23/h3-8,11-14,17-21H,9-10,15-16H2,1-2H3. The predicted octanol–water partition coefficient (Wildman–Crippen LogP) is 8.32. The Bertz CT molecular complexity index is 1910. The van der Waals surface area contributed by atoms with Gasteiger partial charge in [-0.1, -0.05) is 86.2 Å². The van der Waals surface area contributed by atoms with E-state index in [0.29, 0.717) is 17.6 Å². The van der Waals surface area contributed by atoms with Crippen LogP contribution in [-0.2, 0) is 5.41 Å². The molecule has 194 valence electrons. The SMILES string of the molecule is CC1(C)C2=C(CCCC2)c2ccc3c(c21)c1cnccc1n3-c1nc(-c2ccccc2)nc(-c2ccccc2)n1. The molecule has 40 heavy (non-hydrogen) atoms. The van der Waals surface area contributed by atoms with E-state index in [2.05, 4.69) is 65.9 Å². The van der Waals surface area contributed by atoms with Gasteiger partial charge in [-0.05, 0) is 54.5 Å². The molecule has 5 heteroatoms. The fourth-order valence-corrected chi connectivity index (χ4v) is 7.01. The van der Waals surface area contributed by atoms with Crippen molar-refractivity contribution in [2.45, 2.75) is 44.9 Å². The molecule has 0 unspecified atom stereocenters. The number of hydrogen-bond acceptors (Lipinski definition) is 4. The van der Waals surface area contributed by atoms with Crippen LogP contribution in [0, 0.1) is 0 Å². The third-order valence-corrected chi connectivity index (χ3v) is 8.79. The van der Waals surface area contributed by atoms with Crippen LogP contribution in [0.5, 0.6) is 0 Å². The lowest BCUT2D eigenvalue weighted by molar-refractivity contribution is 0.577. The first-order chi connectivity index (χ1) is 19.6. The van der Waals surface area contributed by atoms with Crippen LogP contribution in [-0.4, -0.2) is 24.5 Å². The number of pyridine rings is 1. The van der Waals surface area contributed by atoms with Crippen LogP contribution in [0.1, 0.15) is 50.7 Å². The summed E-state index contributed by atoms with van der Waals surface area (Å²) in [5, 5.41) is 2.41. The molecule has 6 aromatic rings. The molecule has 0 saturated heterocycles. The Balaban J connectivity index is 1.45. The van der Waals surface area contributed by atoms with Gasteiger partial charge in [0, 0.05) is 39.7 Å². The second kappa shape index (κ2) is 8.68. The molecule has 0 saturated carbocycles. The summed E-state index contributed by atoms with van der Waals surface area (Å²) in [5.41, 5.74) is 10.1. The first kappa shape index (κ1) is 23.3. The molecule has 0 spiro atoms. The minimum Gasteiger partial charge on any atom is -0.278 e. The average Bonchev–Trinajstić information content (AvgIpc) is 3.47. The lowest BCUT2D eigenvalue weighted by Gasteiger charge is -2.27. The zero-order chi connectivity index (χ0) is 26.8. The van der Waals surface area contributed by atoms with Crippen LogP contribution in [0.3, 0.4) is 0 Å². The molecule has 2 aliphatic rings. The van der Waals surface area contributed by atoms with Gasteiger partial charge in [0.2, 0.25) is 5.95 Å². The minimum absolute atomic E-state index is 0.0248. The third-order valence-electron chi connectivity index (χ3n) is 8.79. The highest BCUT2D eigenvalue weighted by Crippen LogP contribution is 2.55. The number of rotatable bonds is 3. The summed E-state index contributed by atoms with van der Waals surface area (Å²) in [4.78, 5) is 19.7. The molecule has 3 heterocycles. The van der Waals surface area contributed by atoms with E-state index in [1.807, 2.05) is 48.8 Å². The van der Waals surface area contributed by atoms with Crippen LogP contribution in [0.4, 0.5) is 0 Å². The van der Waals surface area contributed by atoms with Gasteiger partial charge in [0.05, 0.1) is 11.0 Å². The van der Waals surface area contributed by atoms with Crippen molar-refractivity contribution in [3.63, 3.8) is 0 Å². The molecule has 0 radical (unpaired) electrons. The first-order valence-electron chi connectivity index (χ1n) is 14.1. The van der Waals surface area contributed by atoms with Crippen LogP contribution in [0.15, 0.2) is 96.8 Å². The maximum atomic E-state index is 5.08. The van der Waals surface area contributed by atoms with Crippen molar-refractivity contribution in [2.75, 3.05) is 0 Å². The summed E-state index contributed by atoms with van der Waals surface area (Å²) >= 11 is 0. The number of aromatic nitrogens is 5. The zero-order valence-electron chi connectivity index (χ0n) is 22.7. The van der Waals surface area contributed by atoms with E-state index >= 15 is 0 Å². The average molecular weight is 520 g/mol. The fraction of sp³-hybridized carbons (Fsp3) is 0.200. The lowest BCUT2D eigenvalue weighted by atomic mass is 9.76. The Morgan fingerprint density at radius 2 is 1.38 bits per heavy atom. The molecule has 0 atom stereocenters. The molecule has 3 aromatic heterocycles. The summed E-state index contributed by atoms with van der Waals surface area (Å²) < 4.78 is 2.21. The summed E-state index contributed by atoms with van der Waals surface area (Å²) in [5.74, 6) is 1.94. The Morgan fingerprint density at radius 3 is 2.08 bits per heavy atom. The van der Waals surface area contributed by atoms with Gasteiger partial charge >= 0.3 is 0 Å². The van der Waals surface area contributed by atoms with Crippen molar-refractivity contribution in [1.82, 2.24) is 24.5 Å². The van der Waals surface area contributed by atoms with Crippen LogP contribution in [0.25, 0.3) is 56.1 Å². The highest BCUT2D eigenvalue weighted by molar-refractivity contribution is 6.13. The topological polar surface area (TPSA) is 56.5 Å². The monoisotopic (exact) mass is 519 g/mol. The van der Waals surface area contributed by atoms with Gasteiger partial charge in [-0.15, -0.1) is 0 Å². The van der Waals surface area contributed by atoms with Gasteiger partial charge in [-0.3, -0.25) is 9.55 Å². The van der Waals surface area contributed by atoms with Crippen LogP contribution in [0.2, 0.25) is 0 Å². The van der Waals surface area contributed by atoms with Gasteiger partial charge in [0.25, 0.3) is 0 Å². The Labute approximate surface area is 233 Å². The van der Waals surface area contributed by atoms with Crippen molar-refractivity contribution < 1.29 is 0 Å². The molecule has 0 amide bonds. The smallest absolute Gasteiger partial charge is 0.238 e. The maximum absolute atomic E-state index is 5.08. The predicted molar refractivity (Wildman–Crippen MR) is 161 cm³/mol. The summed E-state index contributed by atoms with van der Waals surface area (Å²) in [7, 11) is 0. The molecule has 0 aliphatic heterocycles. The largest absolute Gasteiger partial charge is 0.278 e. The number of nitrogens with zero attached hydrogens (tertiary/aromatic N) is 5. The number of hydrogen-bond donors (Lipinski definition) is 0. The van der Waals surface area contributed by atoms with E-state index in [1.165, 1.54) is 42.2 Å². The van der Waals surface area contributed by atoms with Crippen molar-refractivity contribution in [1.29, 1.82) is 0 Å². The molecular formula is C35H29N5. The van der Waals surface area contributed by atoms with Crippen LogP contribution >= 0.6 is 0 Å². The summed E-state index contributed by atoms with van der Waals surface area (Å²) in [6.07, 6.45) is 8.78. The normalized spacial score (nSPS) is 15.9. The van der Waals surface area contributed by atoms with E-state index in [1.54, 1.807) is 11.1 Å². The number of benzene rings is 3. The lowest BCUT2D eigenvalue weighted by Crippen LogP contribution is -2.18. The molecule has 0 fully saturated rings. The number of fused-ring (bicyclic) bond motifs is 6. The maximum Gasteiger partial charge on any atom is 0.238 e. The molecule has 3 aromatic carbocycles. The van der Waals surface area contributed by atoms with Gasteiger partial charge in [0.1, 0.15) is 0 Å².